The zero-order valence-corrected chi connectivity index (χ0v) is 57.9. The van der Waals surface area contributed by atoms with Crippen LogP contribution in [0.4, 0.5) is 0 Å². The van der Waals surface area contributed by atoms with Gasteiger partial charge in [0.2, 0.25) is 0 Å². The number of aromatic nitrogens is 4. The van der Waals surface area contributed by atoms with Gasteiger partial charge in [0.1, 0.15) is 0 Å². The van der Waals surface area contributed by atoms with Crippen LogP contribution in [-0.2, 0) is 86.8 Å². The molecule has 0 fully saturated rings. The molecular formula is C80H56Ir4N4-4. The average molecular weight is 1840 g/mol. The monoisotopic (exact) mass is 1840 g/mol. The fraction of sp³-hybridized carbons (Fsp3) is 0.0500. The van der Waals surface area contributed by atoms with Crippen molar-refractivity contribution in [3.63, 3.8) is 0 Å². The Bertz CT molecular complexity index is 5040. The molecule has 4 aromatic heterocycles. The zero-order chi connectivity index (χ0) is 56.8. The summed E-state index contributed by atoms with van der Waals surface area (Å²) >= 11 is 0. The summed E-state index contributed by atoms with van der Waals surface area (Å²) in [5.41, 5.74) is 11.9. The molecule has 0 bridgehead atoms. The Morgan fingerprint density at radius 2 is 0.636 bits per heavy atom. The van der Waals surface area contributed by atoms with Crippen LogP contribution < -0.4 is 0 Å². The molecule has 0 N–H and O–H groups in total. The van der Waals surface area contributed by atoms with Gasteiger partial charge in [-0.15, -0.1) is 142 Å². The minimum absolute atomic E-state index is 0. The van der Waals surface area contributed by atoms with Crippen LogP contribution in [0.1, 0.15) is 23.6 Å². The normalized spacial score (nSPS) is 10.6. The van der Waals surface area contributed by atoms with Crippen LogP contribution in [0.15, 0.2) is 274 Å². The maximum atomic E-state index is 4.61. The Morgan fingerprint density at radius 1 is 0.273 bits per heavy atom. The van der Waals surface area contributed by atoms with Crippen molar-refractivity contribution in [1.82, 2.24) is 19.9 Å². The third-order valence-corrected chi connectivity index (χ3v) is 15.6. The third-order valence-electron chi connectivity index (χ3n) is 15.6. The number of fused-ring (bicyclic) bond motifs is 12. The van der Waals surface area contributed by atoms with Crippen molar-refractivity contribution in [1.29, 1.82) is 0 Å². The zero-order valence-electron chi connectivity index (χ0n) is 48.3. The molecule has 0 aliphatic carbocycles. The van der Waals surface area contributed by atoms with Crippen LogP contribution in [0.2, 0.25) is 0 Å². The van der Waals surface area contributed by atoms with Crippen LogP contribution in [0.25, 0.3) is 131 Å². The summed E-state index contributed by atoms with van der Waals surface area (Å²) in [5, 5.41) is 19.8. The van der Waals surface area contributed by atoms with Gasteiger partial charge < -0.3 is 19.9 Å². The van der Waals surface area contributed by atoms with E-state index in [1.54, 1.807) is 0 Å². The molecule has 0 spiro atoms. The van der Waals surface area contributed by atoms with Crippen LogP contribution in [0.5, 0.6) is 0 Å². The smallest absolute Gasteiger partial charge is 0.0167 e. The fourth-order valence-corrected chi connectivity index (χ4v) is 11.3. The van der Waals surface area contributed by atoms with E-state index < -0.39 is 0 Å². The van der Waals surface area contributed by atoms with Gasteiger partial charge in [-0.3, -0.25) is 0 Å². The molecular weight excluding hydrogens is 1790 g/mol. The van der Waals surface area contributed by atoms with E-state index in [0.29, 0.717) is 0 Å². The molecule has 436 valence electrons. The quantitative estimate of drug-likeness (QED) is 0.127. The summed E-state index contributed by atoms with van der Waals surface area (Å²) in [6, 6.07) is 99.5. The Kier molecular flexibility index (Phi) is 21.8. The Labute approximate surface area is 568 Å². The largest absolute Gasteiger partial charge is 0.304 e. The molecule has 0 aliphatic rings. The summed E-state index contributed by atoms with van der Waals surface area (Å²) in [7, 11) is 0. The number of pyridine rings is 4. The summed E-state index contributed by atoms with van der Waals surface area (Å²) in [6.07, 6.45) is 8.58. The van der Waals surface area contributed by atoms with Gasteiger partial charge in [-0.2, -0.15) is 0 Å². The summed E-state index contributed by atoms with van der Waals surface area (Å²) in [4.78, 5) is 18.3. The van der Waals surface area contributed by atoms with E-state index in [0.717, 1.165) is 51.5 Å². The first kappa shape index (κ1) is 64.4. The molecule has 4 nitrogen and oxygen atoms in total. The van der Waals surface area contributed by atoms with E-state index in [1.165, 1.54) is 103 Å². The minimum atomic E-state index is 0. The molecule has 0 unspecified atom stereocenters. The van der Waals surface area contributed by atoms with E-state index in [4.69, 9.17) is 0 Å². The second kappa shape index (κ2) is 29.7. The molecule has 0 atom stereocenters. The standard InChI is InChI=1S/C21H16N.2C20H14N.C19H12N.4Ir/c1-2-15-7-9-17(10-8-15)21-20-12-11-16-5-3-4-6-18(16)19(20)13-14-22-21;1-14-5-4-7-16(13-14)20-19-10-9-15-6-2-3-8-17(15)18(19)11-12-21-20;1-14-6-8-16(9-7-14)20-19-11-10-15-4-2-3-5-17(15)18(19)12-13-21-20;1-2-7-15(8-3-1)19-18-11-10-14-6-4-5-9-16(14)17(18)12-13-20-19;;;;/h3-9,11-14H,2H2,1H3;2-6,8-13H,1H3;2-8,10-13H,1H3;1-7,9-13H;;;;/q4*-1;;;;. The van der Waals surface area contributed by atoms with Crippen molar-refractivity contribution in [2.24, 2.45) is 0 Å². The topological polar surface area (TPSA) is 51.6 Å². The van der Waals surface area contributed by atoms with E-state index in [2.05, 4.69) is 283 Å². The van der Waals surface area contributed by atoms with Crippen molar-refractivity contribution < 1.29 is 80.4 Å². The van der Waals surface area contributed by atoms with Crippen molar-refractivity contribution in [3.8, 4) is 45.0 Å². The minimum Gasteiger partial charge on any atom is -0.304 e. The number of hydrogen-bond acceptors (Lipinski definition) is 4. The molecule has 88 heavy (non-hydrogen) atoms. The molecule has 0 amide bonds. The van der Waals surface area contributed by atoms with Crippen molar-refractivity contribution in [2.45, 2.75) is 27.2 Å². The SMILES string of the molecule is CCc1c[c-]c(-c2nccc3c2ccc2ccccc23)cc1.Cc1c[c-]c(-c2nccc3c2ccc2ccccc23)cc1.Cc1cc[c-]c(-c2nccc3c2ccc2ccccc23)c1.[Ir].[Ir].[Ir].[Ir].[c-]1ccccc1-c1nccc2c1ccc1ccccc12. The van der Waals surface area contributed by atoms with Crippen molar-refractivity contribution in [3.05, 3.63) is 314 Å². The second-order valence-electron chi connectivity index (χ2n) is 21.0. The Morgan fingerprint density at radius 3 is 0.989 bits per heavy atom. The van der Waals surface area contributed by atoms with Crippen LogP contribution in [0, 0.1) is 38.1 Å². The summed E-state index contributed by atoms with van der Waals surface area (Å²) < 4.78 is 0. The van der Waals surface area contributed by atoms with Gasteiger partial charge in [-0.25, -0.2) is 0 Å². The third kappa shape index (κ3) is 13.6. The molecule has 16 aromatic rings. The number of hydrogen-bond donors (Lipinski definition) is 0. The fourth-order valence-electron chi connectivity index (χ4n) is 11.3. The van der Waals surface area contributed by atoms with E-state index in [1.807, 2.05) is 55.1 Å². The maximum absolute atomic E-state index is 4.61. The molecule has 8 heteroatoms. The molecule has 16 rings (SSSR count). The number of aryl methyl sites for hydroxylation is 3. The van der Waals surface area contributed by atoms with Crippen molar-refractivity contribution in [2.75, 3.05) is 0 Å². The summed E-state index contributed by atoms with van der Waals surface area (Å²) in [5.74, 6) is 0. The molecule has 0 saturated carbocycles. The molecule has 4 heterocycles. The molecule has 0 saturated heterocycles. The predicted molar refractivity (Wildman–Crippen MR) is 353 cm³/mol. The van der Waals surface area contributed by atoms with Crippen LogP contribution in [-0.4, -0.2) is 19.9 Å². The van der Waals surface area contributed by atoms with Gasteiger partial charge in [0.25, 0.3) is 0 Å². The van der Waals surface area contributed by atoms with Crippen LogP contribution in [0.3, 0.4) is 0 Å². The molecule has 4 radical (unpaired) electrons. The van der Waals surface area contributed by atoms with Gasteiger partial charge in [0.05, 0.1) is 0 Å². The van der Waals surface area contributed by atoms with Gasteiger partial charge in [0, 0.05) is 105 Å². The molecule has 0 aliphatic heterocycles. The van der Waals surface area contributed by atoms with Gasteiger partial charge in [-0.1, -0.05) is 173 Å². The van der Waals surface area contributed by atoms with Gasteiger partial charge in [-0.05, 0) is 133 Å². The first-order valence-electron chi connectivity index (χ1n) is 28.5. The van der Waals surface area contributed by atoms with E-state index in [-0.39, 0.29) is 80.4 Å². The van der Waals surface area contributed by atoms with Crippen LogP contribution >= 0.6 is 0 Å². The maximum Gasteiger partial charge on any atom is 0.0167 e. The number of benzene rings is 12. The van der Waals surface area contributed by atoms with Gasteiger partial charge >= 0.3 is 0 Å². The second-order valence-corrected chi connectivity index (χ2v) is 21.0. The number of rotatable bonds is 5. The molecule has 12 aromatic carbocycles. The Hall–Kier alpha value is -8.08. The summed E-state index contributed by atoms with van der Waals surface area (Å²) in [6.45, 7) is 6.33. The number of nitrogens with zero attached hydrogens (tertiary/aromatic N) is 4. The van der Waals surface area contributed by atoms with Gasteiger partial charge in [0.15, 0.2) is 0 Å². The first-order chi connectivity index (χ1) is 41.5. The average Bonchev–Trinajstić information content (AvgIpc) is 1.43. The van der Waals surface area contributed by atoms with E-state index in [9.17, 15) is 0 Å². The van der Waals surface area contributed by atoms with E-state index >= 15 is 0 Å². The predicted octanol–water partition coefficient (Wildman–Crippen LogP) is 20.6. The Balaban J connectivity index is 0.000000138. The van der Waals surface area contributed by atoms with Crippen molar-refractivity contribution >= 4 is 86.2 Å². The first-order valence-corrected chi connectivity index (χ1v) is 28.5.